The maximum atomic E-state index is 12.2. The number of ether oxygens (including phenoxy) is 1. The second-order valence-corrected chi connectivity index (χ2v) is 9.12. The van der Waals surface area contributed by atoms with Gasteiger partial charge in [-0.15, -0.1) is 0 Å². The van der Waals surface area contributed by atoms with Crippen LogP contribution in [0.1, 0.15) is 52.3 Å². The largest absolute Gasteiger partial charge is 0.394 e. The lowest BCUT2D eigenvalue weighted by atomic mass is 10.2. The summed E-state index contributed by atoms with van der Waals surface area (Å²) >= 11 is 0. The van der Waals surface area contributed by atoms with Crippen LogP contribution in [0.15, 0.2) is 15.8 Å². The fourth-order valence-corrected chi connectivity index (χ4v) is 5.11. The van der Waals surface area contributed by atoms with E-state index in [0.717, 1.165) is 0 Å². The van der Waals surface area contributed by atoms with Gasteiger partial charge < -0.3 is 18.9 Å². The molecule has 0 bridgehead atoms. The fraction of sp³-hybridized carbons (Fsp3) is 0.737. The lowest BCUT2D eigenvalue weighted by molar-refractivity contribution is -0.0439. The highest BCUT2D eigenvalue weighted by Crippen LogP contribution is 2.49. The Morgan fingerprint density at radius 3 is 2.63 bits per heavy atom. The van der Waals surface area contributed by atoms with E-state index in [1.165, 1.54) is 10.8 Å². The number of hydrogen-bond donors (Lipinski definition) is 2. The summed E-state index contributed by atoms with van der Waals surface area (Å²) in [6.45, 7) is 9.69. The summed E-state index contributed by atoms with van der Waals surface area (Å²) < 4.78 is 21.5. The van der Waals surface area contributed by atoms with Crippen LogP contribution in [-0.4, -0.2) is 56.8 Å². The van der Waals surface area contributed by atoms with Gasteiger partial charge in [0.2, 0.25) is 0 Å². The molecule has 0 spiro atoms. The minimum atomic E-state index is -1.52. The van der Waals surface area contributed by atoms with Gasteiger partial charge in [0.1, 0.15) is 12.3 Å². The van der Waals surface area contributed by atoms with Crippen LogP contribution >= 0.6 is 8.53 Å². The van der Waals surface area contributed by atoms with Gasteiger partial charge in [0.25, 0.3) is 14.1 Å². The SMILES string of the molecule is Cc1cn([C@@H]2CC(OP(OCCC#N)N(C(C)C)C(C)C)[C@@H](CO)O2)c(=O)[nH]c1=O. The number of nitrogens with zero attached hydrogens (tertiary/aromatic N) is 3. The average Bonchev–Trinajstić information content (AvgIpc) is 3.06. The molecule has 168 valence electrons. The molecule has 0 aliphatic carbocycles. The third-order valence-electron chi connectivity index (χ3n) is 4.70. The van der Waals surface area contributed by atoms with Gasteiger partial charge in [0, 0.05) is 30.3 Å². The molecule has 0 saturated carbocycles. The zero-order chi connectivity index (χ0) is 22.4. The third-order valence-corrected chi connectivity index (χ3v) is 6.86. The predicted octanol–water partition coefficient (Wildman–Crippen LogP) is 1.79. The summed E-state index contributed by atoms with van der Waals surface area (Å²) in [7, 11) is -1.52. The zero-order valence-corrected chi connectivity index (χ0v) is 19.0. The number of aromatic nitrogens is 2. The molecule has 1 aliphatic rings. The second-order valence-electron chi connectivity index (χ2n) is 7.72. The van der Waals surface area contributed by atoms with Crippen LogP contribution in [0.4, 0.5) is 0 Å². The van der Waals surface area contributed by atoms with E-state index in [1.807, 2.05) is 27.7 Å². The van der Waals surface area contributed by atoms with Crippen molar-refractivity contribution in [2.75, 3.05) is 13.2 Å². The topological polar surface area (TPSA) is 130 Å². The van der Waals surface area contributed by atoms with E-state index in [0.29, 0.717) is 12.0 Å². The number of aryl methyl sites for hydroxylation is 1. The number of aliphatic hydroxyl groups excluding tert-OH is 1. The summed E-state index contributed by atoms with van der Waals surface area (Å²) in [6, 6.07) is 2.32. The molecule has 1 fully saturated rings. The smallest absolute Gasteiger partial charge is 0.330 e. The maximum Gasteiger partial charge on any atom is 0.330 e. The Morgan fingerprint density at radius 1 is 1.40 bits per heavy atom. The van der Waals surface area contributed by atoms with Crippen molar-refractivity contribution in [3.8, 4) is 6.07 Å². The molecule has 2 heterocycles. The third kappa shape index (κ3) is 5.97. The van der Waals surface area contributed by atoms with E-state index < -0.39 is 38.2 Å². The van der Waals surface area contributed by atoms with Crippen LogP contribution in [0.25, 0.3) is 0 Å². The second kappa shape index (κ2) is 11.1. The van der Waals surface area contributed by atoms with E-state index in [9.17, 15) is 14.7 Å². The first-order chi connectivity index (χ1) is 14.2. The Labute approximate surface area is 177 Å². The normalized spacial score (nSPS) is 22.7. The minimum Gasteiger partial charge on any atom is -0.394 e. The molecular formula is C19H31N4O6P. The highest BCUT2D eigenvalue weighted by Gasteiger charge is 2.41. The van der Waals surface area contributed by atoms with E-state index in [-0.39, 0.29) is 31.7 Å². The molecule has 30 heavy (non-hydrogen) atoms. The van der Waals surface area contributed by atoms with E-state index in [1.54, 1.807) is 6.92 Å². The Balaban J connectivity index is 2.24. The highest BCUT2D eigenvalue weighted by atomic mass is 31.2. The van der Waals surface area contributed by atoms with E-state index >= 15 is 0 Å². The summed E-state index contributed by atoms with van der Waals surface area (Å²) in [5.74, 6) is 0. The van der Waals surface area contributed by atoms with Crippen molar-refractivity contribution in [1.29, 1.82) is 5.26 Å². The number of nitrogens with one attached hydrogen (secondary N) is 1. The quantitative estimate of drug-likeness (QED) is 0.414. The molecule has 4 atom stereocenters. The number of hydrogen-bond acceptors (Lipinski definition) is 8. The summed E-state index contributed by atoms with van der Waals surface area (Å²) in [4.78, 5) is 26.1. The lowest BCUT2D eigenvalue weighted by Crippen LogP contribution is -2.36. The van der Waals surface area contributed by atoms with Gasteiger partial charge in [-0.2, -0.15) is 5.26 Å². The molecule has 2 unspecified atom stereocenters. The van der Waals surface area contributed by atoms with Crippen molar-refractivity contribution in [2.24, 2.45) is 0 Å². The van der Waals surface area contributed by atoms with Gasteiger partial charge in [0.05, 0.1) is 31.8 Å². The van der Waals surface area contributed by atoms with Crippen molar-refractivity contribution < 1.29 is 18.9 Å². The van der Waals surface area contributed by atoms with E-state index in [2.05, 4.69) is 15.7 Å². The van der Waals surface area contributed by atoms with Crippen LogP contribution in [0, 0.1) is 18.3 Å². The molecule has 2 N–H and O–H groups in total. The van der Waals surface area contributed by atoms with Gasteiger partial charge in [-0.1, -0.05) is 0 Å². The van der Waals surface area contributed by atoms with Crippen molar-refractivity contribution in [2.45, 2.75) is 78.0 Å². The van der Waals surface area contributed by atoms with Crippen molar-refractivity contribution >= 4 is 8.53 Å². The number of H-pyrrole nitrogens is 1. The Hall–Kier alpha value is -1.60. The maximum absolute atomic E-state index is 12.2. The van der Waals surface area contributed by atoms with Crippen LogP contribution in [0.3, 0.4) is 0 Å². The molecule has 1 aromatic heterocycles. The lowest BCUT2D eigenvalue weighted by Gasteiger charge is -2.37. The fourth-order valence-electron chi connectivity index (χ4n) is 3.36. The molecule has 11 heteroatoms. The standard InChI is InChI=1S/C19H31N4O6P/c1-12(2)23(13(3)4)30(27-8-6-7-20)29-15-9-17(28-16(15)11-24)22-10-14(5)18(25)21-19(22)26/h10,12-13,15-17,24H,6,8-9,11H2,1-5H3,(H,21,25,26)/t15?,16-,17+,30?/m1/s1. The van der Waals surface area contributed by atoms with Crippen LogP contribution in [0.2, 0.25) is 0 Å². The Bertz CT molecular complexity index is 841. The number of aliphatic hydroxyl groups is 1. The van der Waals surface area contributed by atoms with Crippen LogP contribution < -0.4 is 11.2 Å². The monoisotopic (exact) mass is 442 g/mol. The first kappa shape index (κ1) is 24.7. The summed E-state index contributed by atoms with van der Waals surface area (Å²) in [5.41, 5.74) is -0.637. The first-order valence-corrected chi connectivity index (χ1v) is 11.2. The Morgan fingerprint density at radius 2 is 2.07 bits per heavy atom. The van der Waals surface area contributed by atoms with Crippen LogP contribution in [0.5, 0.6) is 0 Å². The first-order valence-electron chi connectivity index (χ1n) is 10.0. The number of nitriles is 1. The summed E-state index contributed by atoms with van der Waals surface area (Å²) in [5, 5.41) is 18.7. The zero-order valence-electron chi connectivity index (χ0n) is 18.1. The molecule has 1 aliphatic heterocycles. The molecular weight excluding hydrogens is 411 g/mol. The van der Waals surface area contributed by atoms with Crippen molar-refractivity contribution in [1.82, 2.24) is 14.2 Å². The molecule has 2 rings (SSSR count). The Kier molecular flexibility index (Phi) is 9.16. The van der Waals surface area contributed by atoms with Crippen molar-refractivity contribution in [3.05, 3.63) is 32.6 Å². The predicted molar refractivity (Wildman–Crippen MR) is 112 cm³/mol. The van der Waals surface area contributed by atoms with Gasteiger partial charge in [0.15, 0.2) is 0 Å². The molecule has 0 radical (unpaired) electrons. The minimum absolute atomic E-state index is 0.133. The average molecular weight is 442 g/mol. The molecule has 1 aromatic rings. The molecule has 10 nitrogen and oxygen atoms in total. The van der Waals surface area contributed by atoms with Gasteiger partial charge in [-0.3, -0.25) is 14.3 Å². The summed E-state index contributed by atoms with van der Waals surface area (Å²) in [6.07, 6.45) is 0.139. The van der Waals surface area contributed by atoms with Crippen molar-refractivity contribution in [3.63, 3.8) is 0 Å². The van der Waals surface area contributed by atoms with Gasteiger partial charge in [-0.25, -0.2) is 9.46 Å². The molecule has 0 aromatic carbocycles. The highest BCUT2D eigenvalue weighted by molar-refractivity contribution is 7.44. The molecule has 0 amide bonds. The number of aromatic amines is 1. The molecule has 1 saturated heterocycles. The van der Waals surface area contributed by atoms with Gasteiger partial charge >= 0.3 is 5.69 Å². The van der Waals surface area contributed by atoms with E-state index in [4.69, 9.17) is 19.0 Å². The van der Waals surface area contributed by atoms with Gasteiger partial charge in [-0.05, 0) is 34.6 Å². The number of rotatable bonds is 10. The van der Waals surface area contributed by atoms with Crippen LogP contribution in [-0.2, 0) is 13.8 Å².